The first-order valence-electron chi connectivity index (χ1n) is 7.78. The van der Waals surface area contributed by atoms with E-state index in [-0.39, 0.29) is 5.54 Å². The lowest BCUT2D eigenvalue weighted by atomic mass is 9.89. The maximum absolute atomic E-state index is 6.33. The smallest absolute Gasteiger partial charge is 0.0653 e. The molecule has 0 bridgehead atoms. The zero-order valence-corrected chi connectivity index (χ0v) is 12.4. The van der Waals surface area contributed by atoms with Crippen molar-refractivity contribution in [1.82, 2.24) is 5.32 Å². The van der Waals surface area contributed by atoms with E-state index in [2.05, 4.69) is 19.2 Å². The highest BCUT2D eigenvalue weighted by Crippen LogP contribution is 2.40. The van der Waals surface area contributed by atoms with Crippen LogP contribution in [0.2, 0.25) is 6.32 Å². The molecule has 0 spiro atoms. The van der Waals surface area contributed by atoms with E-state index >= 15 is 0 Å². The standard InChI is InChI=1S/C15H31BN2/c1-3-4-8-15(9-10-15)18-13-11-14(2,17)7-5-6-12-16/h18H,3-13,17H2,1-2H3. The second-order valence-corrected chi connectivity index (χ2v) is 6.46. The van der Waals surface area contributed by atoms with Gasteiger partial charge in [-0.3, -0.25) is 0 Å². The zero-order chi connectivity index (χ0) is 13.5. The fourth-order valence-electron chi connectivity index (χ4n) is 2.59. The Morgan fingerprint density at radius 3 is 2.50 bits per heavy atom. The molecule has 1 rings (SSSR count). The molecule has 3 N–H and O–H groups in total. The molecular formula is C15H31BN2. The summed E-state index contributed by atoms with van der Waals surface area (Å²) in [6.07, 6.45) is 11.9. The quantitative estimate of drug-likeness (QED) is 0.436. The predicted molar refractivity (Wildman–Crippen MR) is 81.1 cm³/mol. The van der Waals surface area contributed by atoms with E-state index in [4.69, 9.17) is 13.6 Å². The van der Waals surface area contributed by atoms with Crippen LogP contribution in [0.3, 0.4) is 0 Å². The highest BCUT2D eigenvalue weighted by Gasteiger charge is 2.41. The van der Waals surface area contributed by atoms with Crippen LogP contribution in [-0.2, 0) is 0 Å². The molecule has 2 nitrogen and oxygen atoms in total. The number of nitrogens with one attached hydrogen (secondary N) is 1. The van der Waals surface area contributed by atoms with Gasteiger partial charge in [0.15, 0.2) is 0 Å². The number of rotatable bonds is 11. The molecule has 1 atom stereocenters. The second kappa shape index (κ2) is 7.54. The summed E-state index contributed by atoms with van der Waals surface area (Å²) in [5, 5.41) is 3.75. The summed E-state index contributed by atoms with van der Waals surface area (Å²) in [6.45, 7) is 5.51. The number of unbranched alkanes of at least 4 members (excludes halogenated alkanes) is 2. The Bertz CT molecular complexity index is 225. The molecule has 1 aliphatic carbocycles. The first-order valence-corrected chi connectivity index (χ1v) is 7.78. The lowest BCUT2D eigenvalue weighted by Gasteiger charge is -2.26. The molecule has 1 fully saturated rings. The highest BCUT2D eigenvalue weighted by atomic mass is 15.0. The SMILES string of the molecule is [B]CCCCC(C)(N)CCNC1(CCCC)CC1. The van der Waals surface area contributed by atoms with Crippen LogP contribution in [0.4, 0.5) is 0 Å². The fourth-order valence-corrected chi connectivity index (χ4v) is 2.59. The molecule has 0 aliphatic heterocycles. The number of hydrogen-bond donors (Lipinski definition) is 2. The number of nitrogens with two attached hydrogens (primary N) is 1. The molecule has 2 radical (unpaired) electrons. The lowest BCUT2D eigenvalue weighted by Crippen LogP contribution is -2.42. The van der Waals surface area contributed by atoms with Gasteiger partial charge in [-0.25, -0.2) is 0 Å². The molecule has 3 heteroatoms. The van der Waals surface area contributed by atoms with Crippen LogP contribution in [0.25, 0.3) is 0 Å². The van der Waals surface area contributed by atoms with Crippen LogP contribution < -0.4 is 11.1 Å². The van der Waals surface area contributed by atoms with Gasteiger partial charge in [0.2, 0.25) is 0 Å². The van der Waals surface area contributed by atoms with Gasteiger partial charge in [0, 0.05) is 11.1 Å². The Morgan fingerprint density at radius 2 is 1.94 bits per heavy atom. The molecule has 104 valence electrons. The minimum Gasteiger partial charge on any atom is -0.325 e. The molecule has 0 heterocycles. The van der Waals surface area contributed by atoms with Crippen molar-refractivity contribution >= 4 is 7.85 Å². The van der Waals surface area contributed by atoms with E-state index in [0.29, 0.717) is 5.54 Å². The fraction of sp³-hybridized carbons (Fsp3) is 1.00. The largest absolute Gasteiger partial charge is 0.325 e. The third kappa shape index (κ3) is 6.24. The summed E-state index contributed by atoms with van der Waals surface area (Å²) in [5.41, 5.74) is 6.79. The van der Waals surface area contributed by atoms with Gasteiger partial charge in [0.25, 0.3) is 0 Å². The third-order valence-corrected chi connectivity index (χ3v) is 4.26. The first kappa shape index (κ1) is 16.0. The predicted octanol–water partition coefficient (Wildman–Crippen LogP) is 3.16. The van der Waals surface area contributed by atoms with Crippen molar-refractivity contribution in [2.75, 3.05) is 6.54 Å². The van der Waals surface area contributed by atoms with Crippen molar-refractivity contribution in [3.63, 3.8) is 0 Å². The topological polar surface area (TPSA) is 38.0 Å². The Balaban J connectivity index is 2.12. The molecule has 0 amide bonds. The van der Waals surface area contributed by atoms with E-state index in [0.717, 1.165) is 38.5 Å². The lowest BCUT2D eigenvalue weighted by molar-refractivity contribution is 0.353. The number of hydrogen-bond acceptors (Lipinski definition) is 2. The first-order chi connectivity index (χ1) is 8.54. The highest BCUT2D eigenvalue weighted by molar-refractivity contribution is 6.08. The van der Waals surface area contributed by atoms with Gasteiger partial charge in [-0.15, -0.1) is 0 Å². The van der Waals surface area contributed by atoms with Gasteiger partial charge in [0.1, 0.15) is 0 Å². The van der Waals surface area contributed by atoms with Crippen LogP contribution >= 0.6 is 0 Å². The third-order valence-electron chi connectivity index (χ3n) is 4.26. The van der Waals surface area contributed by atoms with Gasteiger partial charge in [0.05, 0.1) is 7.85 Å². The average Bonchev–Trinajstić information content (AvgIpc) is 3.07. The summed E-state index contributed by atoms with van der Waals surface area (Å²) in [7, 11) is 5.52. The van der Waals surface area contributed by atoms with E-state index < -0.39 is 0 Å². The van der Waals surface area contributed by atoms with Crippen molar-refractivity contribution in [1.29, 1.82) is 0 Å². The van der Waals surface area contributed by atoms with E-state index in [1.807, 2.05) is 0 Å². The molecule has 0 aromatic carbocycles. The normalized spacial score (nSPS) is 20.6. The molecule has 1 aliphatic rings. The Hall–Kier alpha value is -0.0151. The summed E-state index contributed by atoms with van der Waals surface area (Å²) in [6, 6.07) is 0. The minimum atomic E-state index is -0.0248. The molecule has 0 aromatic heterocycles. The Kier molecular flexibility index (Phi) is 6.72. The maximum Gasteiger partial charge on any atom is 0.0653 e. The molecule has 0 saturated heterocycles. The van der Waals surface area contributed by atoms with Crippen molar-refractivity contribution in [2.24, 2.45) is 5.73 Å². The zero-order valence-electron chi connectivity index (χ0n) is 12.4. The Morgan fingerprint density at radius 1 is 1.22 bits per heavy atom. The van der Waals surface area contributed by atoms with Crippen LogP contribution in [0.15, 0.2) is 0 Å². The second-order valence-electron chi connectivity index (χ2n) is 6.46. The van der Waals surface area contributed by atoms with E-state index in [1.165, 1.54) is 32.1 Å². The van der Waals surface area contributed by atoms with Crippen molar-refractivity contribution in [3.8, 4) is 0 Å². The van der Waals surface area contributed by atoms with Crippen LogP contribution in [-0.4, -0.2) is 25.5 Å². The summed E-state index contributed by atoms with van der Waals surface area (Å²) < 4.78 is 0. The molecule has 1 unspecified atom stereocenters. The Labute approximate surface area is 115 Å². The summed E-state index contributed by atoms with van der Waals surface area (Å²) in [5.74, 6) is 0. The maximum atomic E-state index is 6.33. The molecule has 1 saturated carbocycles. The van der Waals surface area contributed by atoms with Gasteiger partial charge < -0.3 is 11.1 Å². The van der Waals surface area contributed by atoms with Crippen molar-refractivity contribution in [3.05, 3.63) is 0 Å². The van der Waals surface area contributed by atoms with Crippen LogP contribution in [0.1, 0.15) is 71.6 Å². The van der Waals surface area contributed by atoms with Gasteiger partial charge >= 0.3 is 0 Å². The molecule has 0 aromatic rings. The van der Waals surface area contributed by atoms with E-state index in [9.17, 15) is 0 Å². The monoisotopic (exact) mass is 250 g/mol. The van der Waals surface area contributed by atoms with Crippen molar-refractivity contribution < 1.29 is 0 Å². The van der Waals surface area contributed by atoms with Gasteiger partial charge in [-0.1, -0.05) is 38.9 Å². The van der Waals surface area contributed by atoms with Crippen LogP contribution in [0, 0.1) is 0 Å². The summed E-state index contributed by atoms with van der Waals surface area (Å²) >= 11 is 0. The van der Waals surface area contributed by atoms with Crippen LogP contribution in [0.5, 0.6) is 0 Å². The minimum absolute atomic E-state index is 0.0248. The summed E-state index contributed by atoms with van der Waals surface area (Å²) in [4.78, 5) is 0. The van der Waals surface area contributed by atoms with Gasteiger partial charge in [-0.05, 0) is 45.6 Å². The molecule has 18 heavy (non-hydrogen) atoms. The molecular weight excluding hydrogens is 219 g/mol. The van der Waals surface area contributed by atoms with E-state index in [1.54, 1.807) is 0 Å². The average molecular weight is 250 g/mol. The van der Waals surface area contributed by atoms with Gasteiger partial charge in [-0.2, -0.15) is 0 Å². The van der Waals surface area contributed by atoms with Crippen molar-refractivity contribution in [2.45, 2.75) is 89.0 Å².